The van der Waals surface area contributed by atoms with E-state index in [0.29, 0.717) is 6.42 Å². The van der Waals surface area contributed by atoms with Gasteiger partial charge in [-0.05, 0) is 16.8 Å². The van der Waals surface area contributed by atoms with Crippen molar-refractivity contribution < 1.29 is 14.4 Å². The molecule has 1 N–H and O–H groups in total. The summed E-state index contributed by atoms with van der Waals surface area (Å²) in [5.41, 5.74) is 0.887. The molecule has 2 aromatic heterocycles. The van der Waals surface area contributed by atoms with Crippen LogP contribution in [0.2, 0.25) is 0 Å². The molecule has 2 aromatic rings. The molecule has 0 saturated heterocycles. The van der Waals surface area contributed by atoms with E-state index in [4.69, 9.17) is 9.63 Å². The zero-order valence-corrected chi connectivity index (χ0v) is 7.62. The fourth-order valence-corrected chi connectivity index (χ4v) is 1.09. The molecular formula is C9H7N3O3. The minimum atomic E-state index is -1.20. The Morgan fingerprint density at radius 2 is 2.40 bits per heavy atom. The second-order valence-electron chi connectivity index (χ2n) is 2.85. The fourth-order valence-electron chi connectivity index (χ4n) is 1.09. The van der Waals surface area contributed by atoms with Gasteiger partial charge in [-0.1, -0.05) is 6.07 Å². The molecule has 6 nitrogen and oxygen atoms in total. The van der Waals surface area contributed by atoms with E-state index in [1.807, 2.05) is 6.07 Å². The Bertz CT molecular complexity index is 466. The van der Waals surface area contributed by atoms with Crippen molar-refractivity contribution in [3.63, 3.8) is 0 Å². The number of pyridine rings is 1. The molecule has 0 unspecified atom stereocenters. The first-order chi connectivity index (χ1) is 7.25. The van der Waals surface area contributed by atoms with Gasteiger partial charge < -0.3 is 9.63 Å². The Labute approximate surface area is 84.6 Å². The lowest BCUT2D eigenvalue weighted by Crippen LogP contribution is -1.99. The highest BCUT2D eigenvalue weighted by Gasteiger charge is 2.12. The van der Waals surface area contributed by atoms with Gasteiger partial charge in [0.25, 0.3) is 5.82 Å². The molecule has 0 saturated carbocycles. The fraction of sp³-hybridized carbons (Fsp3) is 0.111. The summed E-state index contributed by atoms with van der Waals surface area (Å²) in [5.74, 6) is -1.26. The van der Waals surface area contributed by atoms with Crippen molar-refractivity contribution in [1.29, 1.82) is 0 Å². The van der Waals surface area contributed by atoms with Crippen molar-refractivity contribution in [2.45, 2.75) is 6.42 Å². The van der Waals surface area contributed by atoms with Crippen LogP contribution >= 0.6 is 0 Å². The molecule has 15 heavy (non-hydrogen) atoms. The molecule has 76 valence electrons. The summed E-state index contributed by atoms with van der Waals surface area (Å²) in [6, 6.07) is 3.63. The Balaban J connectivity index is 2.15. The largest absolute Gasteiger partial charge is 0.475 e. The highest BCUT2D eigenvalue weighted by atomic mass is 16.5. The summed E-state index contributed by atoms with van der Waals surface area (Å²) < 4.78 is 4.76. The third-order valence-corrected chi connectivity index (χ3v) is 1.74. The number of hydrogen-bond acceptors (Lipinski definition) is 5. The third kappa shape index (κ3) is 2.16. The van der Waals surface area contributed by atoms with Crippen LogP contribution in [-0.2, 0) is 6.42 Å². The predicted octanol–water partition coefficient (Wildman–Crippen LogP) is 0.754. The summed E-state index contributed by atoms with van der Waals surface area (Å²) in [4.78, 5) is 18.1. The number of aromatic carboxylic acids is 1. The average Bonchev–Trinajstić information content (AvgIpc) is 2.68. The van der Waals surface area contributed by atoms with Crippen molar-refractivity contribution in [2.75, 3.05) is 0 Å². The van der Waals surface area contributed by atoms with Gasteiger partial charge in [0.2, 0.25) is 5.89 Å². The second-order valence-corrected chi connectivity index (χ2v) is 2.85. The van der Waals surface area contributed by atoms with Crippen LogP contribution in [0.1, 0.15) is 22.1 Å². The van der Waals surface area contributed by atoms with E-state index >= 15 is 0 Å². The molecule has 2 rings (SSSR count). The van der Waals surface area contributed by atoms with E-state index in [-0.39, 0.29) is 11.7 Å². The van der Waals surface area contributed by atoms with Gasteiger partial charge in [0.05, 0.1) is 6.42 Å². The number of carboxylic acids is 1. The van der Waals surface area contributed by atoms with Crippen LogP contribution < -0.4 is 0 Å². The van der Waals surface area contributed by atoms with Crippen LogP contribution in [0, 0.1) is 0 Å². The van der Waals surface area contributed by atoms with Gasteiger partial charge in [-0.25, -0.2) is 4.79 Å². The minimum Gasteiger partial charge on any atom is -0.475 e. The zero-order valence-electron chi connectivity index (χ0n) is 7.62. The topological polar surface area (TPSA) is 89.1 Å². The van der Waals surface area contributed by atoms with Crippen molar-refractivity contribution in [3.05, 3.63) is 41.8 Å². The highest BCUT2D eigenvalue weighted by Crippen LogP contribution is 2.05. The summed E-state index contributed by atoms with van der Waals surface area (Å²) in [6.07, 6.45) is 3.69. The van der Waals surface area contributed by atoms with E-state index in [1.165, 1.54) is 0 Å². The Kier molecular flexibility index (Phi) is 2.40. The molecule has 0 aliphatic rings. The number of carbonyl (C=O) groups is 1. The van der Waals surface area contributed by atoms with Gasteiger partial charge >= 0.3 is 5.97 Å². The van der Waals surface area contributed by atoms with Gasteiger partial charge in [0, 0.05) is 12.4 Å². The number of carboxylic acid groups (broad SMARTS) is 1. The van der Waals surface area contributed by atoms with Crippen molar-refractivity contribution in [2.24, 2.45) is 0 Å². The van der Waals surface area contributed by atoms with Crippen molar-refractivity contribution in [1.82, 2.24) is 15.1 Å². The van der Waals surface area contributed by atoms with Crippen molar-refractivity contribution in [3.8, 4) is 0 Å². The molecular weight excluding hydrogens is 198 g/mol. The minimum absolute atomic E-state index is 0.264. The smallest absolute Gasteiger partial charge is 0.377 e. The van der Waals surface area contributed by atoms with Gasteiger partial charge in [-0.3, -0.25) is 4.98 Å². The SMILES string of the molecule is O=C(O)c1noc(Cc2cccnc2)n1. The maximum absolute atomic E-state index is 10.5. The maximum atomic E-state index is 10.5. The molecule has 0 aliphatic carbocycles. The van der Waals surface area contributed by atoms with Crippen LogP contribution in [0.25, 0.3) is 0 Å². The highest BCUT2D eigenvalue weighted by molar-refractivity contribution is 5.82. The first-order valence-electron chi connectivity index (χ1n) is 4.20. The summed E-state index contributed by atoms with van der Waals surface area (Å²) >= 11 is 0. The predicted molar refractivity (Wildman–Crippen MR) is 48.3 cm³/mol. The first kappa shape index (κ1) is 9.32. The van der Waals surface area contributed by atoms with Gasteiger partial charge in [-0.2, -0.15) is 4.98 Å². The quantitative estimate of drug-likeness (QED) is 0.795. The van der Waals surface area contributed by atoms with Crippen LogP contribution in [0.3, 0.4) is 0 Å². The van der Waals surface area contributed by atoms with Crippen LogP contribution in [-0.4, -0.2) is 26.2 Å². The van der Waals surface area contributed by atoms with Gasteiger partial charge in [0.1, 0.15) is 0 Å². The van der Waals surface area contributed by atoms with E-state index in [0.717, 1.165) is 5.56 Å². The Morgan fingerprint density at radius 1 is 1.53 bits per heavy atom. The van der Waals surface area contributed by atoms with E-state index < -0.39 is 5.97 Å². The van der Waals surface area contributed by atoms with E-state index in [2.05, 4.69) is 15.1 Å². The van der Waals surface area contributed by atoms with E-state index in [9.17, 15) is 4.79 Å². The molecule has 0 atom stereocenters. The molecule has 0 radical (unpaired) electrons. The molecule has 0 fully saturated rings. The Hall–Kier alpha value is -2.24. The summed E-state index contributed by atoms with van der Waals surface area (Å²) in [6.45, 7) is 0. The van der Waals surface area contributed by atoms with Gasteiger partial charge in [0.15, 0.2) is 0 Å². The summed E-state index contributed by atoms with van der Waals surface area (Å²) in [7, 11) is 0. The lowest BCUT2D eigenvalue weighted by Gasteiger charge is -1.92. The van der Waals surface area contributed by atoms with E-state index in [1.54, 1.807) is 18.5 Å². The molecule has 0 spiro atoms. The average molecular weight is 205 g/mol. The lowest BCUT2D eigenvalue weighted by atomic mass is 10.2. The lowest BCUT2D eigenvalue weighted by molar-refractivity contribution is 0.0680. The molecule has 2 heterocycles. The monoisotopic (exact) mass is 205 g/mol. The molecule has 6 heteroatoms. The summed E-state index contributed by atoms with van der Waals surface area (Å²) in [5, 5.41) is 11.9. The Morgan fingerprint density at radius 3 is 3.00 bits per heavy atom. The second kappa shape index (κ2) is 3.87. The molecule has 0 aromatic carbocycles. The molecule has 0 bridgehead atoms. The standard InChI is InChI=1S/C9H7N3O3/c13-9(14)8-11-7(15-12-8)4-6-2-1-3-10-5-6/h1-3,5H,4H2,(H,13,14). The zero-order chi connectivity index (χ0) is 10.7. The van der Waals surface area contributed by atoms with Crippen LogP contribution in [0.4, 0.5) is 0 Å². The van der Waals surface area contributed by atoms with Crippen LogP contribution in [0.15, 0.2) is 29.0 Å². The molecule has 0 aliphatic heterocycles. The van der Waals surface area contributed by atoms with Crippen LogP contribution in [0.5, 0.6) is 0 Å². The maximum Gasteiger partial charge on any atom is 0.377 e. The number of nitrogens with zero attached hydrogens (tertiary/aromatic N) is 3. The van der Waals surface area contributed by atoms with Gasteiger partial charge in [-0.15, -0.1) is 0 Å². The van der Waals surface area contributed by atoms with Crippen molar-refractivity contribution >= 4 is 5.97 Å². The molecule has 0 amide bonds. The number of rotatable bonds is 3. The normalized spacial score (nSPS) is 10.1. The third-order valence-electron chi connectivity index (χ3n) is 1.74. The number of aromatic nitrogens is 3. The first-order valence-corrected chi connectivity index (χ1v) is 4.20. The number of hydrogen-bond donors (Lipinski definition) is 1.